The summed E-state index contributed by atoms with van der Waals surface area (Å²) >= 11 is 1.06. The number of ether oxygens (including phenoxy) is 1. The van der Waals surface area contributed by atoms with Gasteiger partial charge in [-0.2, -0.15) is 0 Å². The molecule has 1 aliphatic heterocycles. The Morgan fingerprint density at radius 2 is 2.13 bits per heavy atom. The molecule has 2 amide bonds. The van der Waals surface area contributed by atoms with Crippen molar-refractivity contribution in [1.82, 2.24) is 9.88 Å². The minimum atomic E-state index is -3.78. The quantitative estimate of drug-likeness (QED) is 0.587. The zero-order valence-corrected chi connectivity index (χ0v) is 17.4. The highest BCUT2D eigenvalue weighted by Crippen LogP contribution is 2.34. The summed E-state index contributed by atoms with van der Waals surface area (Å²) in [5.41, 5.74) is 0.704. The number of aromatic nitrogens is 1. The van der Waals surface area contributed by atoms with Crippen LogP contribution in [-0.2, 0) is 16.6 Å². The summed E-state index contributed by atoms with van der Waals surface area (Å²) in [4.78, 5) is 17.7. The van der Waals surface area contributed by atoms with Gasteiger partial charge in [-0.05, 0) is 36.6 Å². The molecular weight excluding hydrogens is 431 g/mol. The number of anilines is 2. The standard InChI is InChI=1S/C19H17FN4O4S2/c1-2-24-11-13-15(7-8-21-18(13)22-19(24)25)28-16-6-5-12(10-14(16)20)23-30(26,27)17-4-3-9-29-17/h3-10,23H,2,11H2,1H3,(H,21,22,25). The van der Waals surface area contributed by atoms with Crippen molar-refractivity contribution in [1.29, 1.82) is 0 Å². The van der Waals surface area contributed by atoms with Crippen molar-refractivity contribution >= 4 is 38.9 Å². The van der Waals surface area contributed by atoms with Gasteiger partial charge in [0, 0.05) is 18.8 Å². The Hall–Kier alpha value is -3.18. The van der Waals surface area contributed by atoms with Crippen molar-refractivity contribution in [3.8, 4) is 11.5 Å². The van der Waals surface area contributed by atoms with Gasteiger partial charge in [-0.3, -0.25) is 10.0 Å². The molecule has 2 aromatic heterocycles. The number of pyridine rings is 1. The molecule has 1 aliphatic rings. The molecule has 30 heavy (non-hydrogen) atoms. The summed E-state index contributed by atoms with van der Waals surface area (Å²) < 4.78 is 47.4. The monoisotopic (exact) mass is 448 g/mol. The molecule has 0 spiro atoms. The number of nitrogens with one attached hydrogen (secondary N) is 2. The van der Waals surface area contributed by atoms with Gasteiger partial charge in [-0.1, -0.05) is 6.07 Å². The summed E-state index contributed by atoms with van der Waals surface area (Å²) in [5.74, 6) is -0.103. The SMILES string of the molecule is CCN1Cc2c(Oc3ccc(NS(=O)(=O)c4cccs4)cc3F)ccnc2NC1=O. The van der Waals surface area contributed by atoms with Crippen LogP contribution in [0.5, 0.6) is 11.5 Å². The van der Waals surface area contributed by atoms with Crippen LogP contribution in [0.1, 0.15) is 12.5 Å². The summed E-state index contributed by atoms with van der Waals surface area (Å²) in [6.07, 6.45) is 1.46. The van der Waals surface area contributed by atoms with E-state index in [4.69, 9.17) is 4.74 Å². The molecule has 0 saturated heterocycles. The van der Waals surface area contributed by atoms with Gasteiger partial charge in [0.15, 0.2) is 11.6 Å². The van der Waals surface area contributed by atoms with Gasteiger partial charge < -0.3 is 9.64 Å². The molecule has 0 unspecified atom stereocenters. The molecule has 0 saturated carbocycles. The highest BCUT2D eigenvalue weighted by atomic mass is 32.2. The molecular formula is C19H17FN4O4S2. The number of fused-ring (bicyclic) bond motifs is 1. The second-order valence-electron chi connectivity index (χ2n) is 6.37. The molecule has 0 fully saturated rings. The second kappa shape index (κ2) is 7.92. The summed E-state index contributed by atoms with van der Waals surface area (Å²) in [5, 5.41) is 4.32. The van der Waals surface area contributed by atoms with E-state index in [1.165, 1.54) is 24.4 Å². The van der Waals surface area contributed by atoms with E-state index in [9.17, 15) is 17.6 Å². The number of carbonyl (C=O) groups excluding carboxylic acids is 1. The minimum absolute atomic E-state index is 0.0782. The lowest BCUT2D eigenvalue weighted by Crippen LogP contribution is -2.38. The van der Waals surface area contributed by atoms with Crippen molar-refractivity contribution < 1.29 is 22.3 Å². The number of hydrogen-bond acceptors (Lipinski definition) is 6. The molecule has 8 nitrogen and oxygen atoms in total. The van der Waals surface area contributed by atoms with Gasteiger partial charge in [0.25, 0.3) is 10.0 Å². The first-order valence-corrected chi connectivity index (χ1v) is 11.3. The fraction of sp³-hybridized carbons (Fsp3) is 0.158. The van der Waals surface area contributed by atoms with E-state index in [0.717, 1.165) is 17.4 Å². The Kier molecular flexibility index (Phi) is 5.31. The summed E-state index contributed by atoms with van der Waals surface area (Å²) in [6, 6.07) is 8.21. The number of urea groups is 1. The fourth-order valence-electron chi connectivity index (χ4n) is 2.92. The number of benzene rings is 1. The van der Waals surface area contributed by atoms with Crippen LogP contribution in [0.4, 0.5) is 20.7 Å². The van der Waals surface area contributed by atoms with Gasteiger partial charge in [-0.15, -0.1) is 11.3 Å². The predicted molar refractivity (Wildman–Crippen MR) is 111 cm³/mol. The zero-order valence-electron chi connectivity index (χ0n) is 15.8. The van der Waals surface area contributed by atoms with E-state index in [1.54, 1.807) is 22.4 Å². The number of carbonyl (C=O) groups is 1. The molecule has 0 radical (unpaired) electrons. The maximum absolute atomic E-state index is 14.6. The van der Waals surface area contributed by atoms with Gasteiger partial charge in [-0.25, -0.2) is 22.6 Å². The van der Waals surface area contributed by atoms with Crippen molar-refractivity contribution in [2.24, 2.45) is 0 Å². The Morgan fingerprint density at radius 3 is 2.83 bits per heavy atom. The minimum Gasteiger partial charge on any atom is -0.454 e. The van der Waals surface area contributed by atoms with Crippen LogP contribution in [0.25, 0.3) is 0 Å². The van der Waals surface area contributed by atoms with E-state index in [1.807, 2.05) is 6.92 Å². The number of hydrogen-bond donors (Lipinski definition) is 2. The molecule has 0 aliphatic carbocycles. The van der Waals surface area contributed by atoms with Crippen LogP contribution in [0, 0.1) is 5.82 Å². The first-order valence-electron chi connectivity index (χ1n) is 8.95. The van der Waals surface area contributed by atoms with E-state index in [-0.39, 0.29) is 28.2 Å². The fourth-order valence-corrected chi connectivity index (χ4v) is 4.96. The highest BCUT2D eigenvalue weighted by Gasteiger charge is 2.25. The van der Waals surface area contributed by atoms with Crippen LogP contribution in [0.2, 0.25) is 0 Å². The van der Waals surface area contributed by atoms with Crippen LogP contribution in [-0.4, -0.2) is 30.9 Å². The molecule has 1 aromatic carbocycles. The average molecular weight is 449 g/mol. The van der Waals surface area contributed by atoms with E-state index < -0.39 is 15.8 Å². The van der Waals surface area contributed by atoms with Crippen molar-refractivity contribution in [3.05, 3.63) is 59.4 Å². The van der Waals surface area contributed by atoms with Crippen molar-refractivity contribution in [2.45, 2.75) is 17.7 Å². The lowest BCUT2D eigenvalue weighted by atomic mass is 10.2. The number of sulfonamides is 1. The zero-order chi connectivity index (χ0) is 21.3. The molecule has 11 heteroatoms. The third kappa shape index (κ3) is 3.94. The second-order valence-corrected chi connectivity index (χ2v) is 9.22. The van der Waals surface area contributed by atoms with E-state index in [2.05, 4.69) is 15.0 Å². The molecule has 3 heterocycles. The van der Waals surface area contributed by atoms with Crippen molar-refractivity contribution in [2.75, 3.05) is 16.6 Å². The third-order valence-corrected chi connectivity index (χ3v) is 7.20. The Morgan fingerprint density at radius 1 is 1.30 bits per heavy atom. The number of rotatable bonds is 6. The number of halogens is 1. The molecule has 3 aromatic rings. The topological polar surface area (TPSA) is 101 Å². The Bertz CT molecular complexity index is 1200. The van der Waals surface area contributed by atoms with Gasteiger partial charge in [0.2, 0.25) is 0 Å². The number of nitrogens with zero attached hydrogens (tertiary/aromatic N) is 2. The third-order valence-electron chi connectivity index (χ3n) is 4.42. The molecule has 0 atom stereocenters. The smallest absolute Gasteiger partial charge is 0.323 e. The lowest BCUT2D eigenvalue weighted by molar-refractivity contribution is 0.209. The lowest BCUT2D eigenvalue weighted by Gasteiger charge is -2.28. The van der Waals surface area contributed by atoms with Gasteiger partial charge >= 0.3 is 6.03 Å². The summed E-state index contributed by atoms with van der Waals surface area (Å²) in [7, 11) is -3.78. The Labute approximate surface area is 176 Å². The van der Waals surface area contributed by atoms with Gasteiger partial charge in [0.1, 0.15) is 15.8 Å². The number of amides is 2. The first-order chi connectivity index (χ1) is 14.4. The van der Waals surface area contributed by atoms with Crippen LogP contribution in [0.15, 0.2) is 52.2 Å². The van der Waals surface area contributed by atoms with Crippen LogP contribution < -0.4 is 14.8 Å². The molecule has 156 valence electrons. The Balaban J connectivity index is 1.57. The molecule has 4 rings (SSSR count). The average Bonchev–Trinajstić information content (AvgIpc) is 3.25. The molecule has 2 N–H and O–H groups in total. The summed E-state index contributed by atoms with van der Waals surface area (Å²) in [6.45, 7) is 2.62. The normalized spacial score (nSPS) is 13.5. The largest absolute Gasteiger partial charge is 0.454 e. The van der Waals surface area contributed by atoms with Gasteiger partial charge in [0.05, 0.1) is 17.8 Å². The maximum Gasteiger partial charge on any atom is 0.323 e. The van der Waals surface area contributed by atoms with Crippen LogP contribution in [0.3, 0.4) is 0 Å². The van der Waals surface area contributed by atoms with Crippen molar-refractivity contribution in [3.63, 3.8) is 0 Å². The number of thiophene rings is 1. The van der Waals surface area contributed by atoms with E-state index >= 15 is 0 Å². The van der Waals surface area contributed by atoms with E-state index in [0.29, 0.717) is 23.7 Å². The highest BCUT2D eigenvalue weighted by molar-refractivity contribution is 7.94. The molecule has 0 bridgehead atoms. The maximum atomic E-state index is 14.6. The first kappa shape index (κ1) is 20.1. The van der Waals surface area contributed by atoms with Crippen LogP contribution >= 0.6 is 11.3 Å². The predicted octanol–water partition coefficient (Wildman–Crippen LogP) is 4.24.